The molecule has 1 heterocycles. The molecule has 3 N–H and O–H groups in total. The van der Waals surface area contributed by atoms with Crippen molar-refractivity contribution in [2.24, 2.45) is 0 Å². The van der Waals surface area contributed by atoms with Gasteiger partial charge in [-0.15, -0.1) is 0 Å². The minimum atomic E-state index is -0.784. The number of rotatable bonds is 6. The van der Waals surface area contributed by atoms with Crippen molar-refractivity contribution in [1.82, 2.24) is 20.9 Å². The Labute approximate surface area is 118 Å². The molecule has 0 spiro atoms. The van der Waals surface area contributed by atoms with E-state index in [-0.39, 0.29) is 18.0 Å². The molecule has 112 valence electrons. The maximum absolute atomic E-state index is 12.1. The first-order valence-corrected chi connectivity index (χ1v) is 7.15. The Morgan fingerprint density at radius 1 is 1.45 bits per heavy atom. The first-order valence-electron chi connectivity index (χ1n) is 7.15. The summed E-state index contributed by atoms with van der Waals surface area (Å²) in [5.74, 6) is -0.188. The molecule has 0 aromatic rings. The van der Waals surface area contributed by atoms with E-state index in [1.165, 1.54) is 4.90 Å². The number of carbonyl (C=O) groups is 3. The van der Waals surface area contributed by atoms with E-state index in [2.05, 4.69) is 16.0 Å². The highest BCUT2D eigenvalue weighted by molar-refractivity contribution is 6.06. The number of nitrogens with one attached hydrogen (secondary N) is 3. The number of nitrogens with zero attached hydrogens (tertiary/aromatic N) is 1. The van der Waals surface area contributed by atoms with E-state index in [1.807, 2.05) is 6.92 Å². The summed E-state index contributed by atoms with van der Waals surface area (Å²) in [6, 6.07) is -0.198. The van der Waals surface area contributed by atoms with E-state index in [0.29, 0.717) is 32.0 Å². The van der Waals surface area contributed by atoms with Gasteiger partial charge in [-0.3, -0.25) is 9.69 Å². The van der Waals surface area contributed by atoms with Crippen LogP contribution in [-0.2, 0) is 4.79 Å². The lowest BCUT2D eigenvalue weighted by atomic mass is 9.99. The zero-order valence-corrected chi connectivity index (χ0v) is 12.0. The Morgan fingerprint density at radius 3 is 2.70 bits per heavy atom. The van der Waals surface area contributed by atoms with E-state index in [4.69, 9.17) is 0 Å². The number of imide groups is 1. The summed E-state index contributed by atoms with van der Waals surface area (Å²) in [6.45, 7) is 4.36. The van der Waals surface area contributed by atoms with Crippen LogP contribution in [0.1, 0.15) is 39.5 Å². The Kier molecular flexibility index (Phi) is 4.15. The lowest BCUT2D eigenvalue weighted by Crippen LogP contribution is -2.43. The quantitative estimate of drug-likeness (QED) is 0.491. The van der Waals surface area contributed by atoms with Gasteiger partial charge >= 0.3 is 12.1 Å². The lowest BCUT2D eigenvalue weighted by Gasteiger charge is -2.19. The van der Waals surface area contributed by atoms with Gasteiger partial charge in [-0.2, -0.15) is 0 Å². The average molecular weight is 282 g/mol. The van der Waals surface area contributed by atoms with Gasteiger partial charge < -0.3 is 16.0 Å². The van der Waals surface area contributed by atoms with Gasteiger partial charge in [-0.25, -0.2) is 9.59 Å². The fourth-order valence-corrected chi connectivity index (χ4v) is 2.09. The van der Waals surface area contributed by atoms with Gasteiger partial charge in [0.1, 0.15) is 5.54 Å². The zero-order chi connectivity index (χ0) is 14.8. The number of carbonyl (C=O) groups excluding carboxylic acids is 3. The van der Waals surface area contributed by atoms with Gasteiger partial charge in [-0.1, -0.05) is 6.92 Å². The molecule has 1 aliphatic heterocycles. The smallest absolute Gasteiger partial charge is 0.325 e. The highest BCUT2D eigenvalue weighted by atomic mass is 16.2. The van der Waals surface area contributed by atoms with Crippen LogP contribution in [0, 0.1) is 0 Å². The Balaban J connectivity index is 1.69. The molecule has 20 heavy (non-hydrogen) atoms. The molecule has 2 fully saturated rings. The van der Waals surface area contributed by atoms with Gasteiger partial charge in [0.25, 0.3) is 5.91 Å². The van der Waals surface area contributed by atoms with Crippen molar-refractivity contribution in [2.75, 3.05) is 13.1 Å². The van der Waals surface area contributed by atoms with Crippen LogP contribution in [-0.4, -0.2) is 47.5 Å². The van der Waals surface area contributed by atoms with Crippen molar-refractivity contribution in [3.8, 4) is 0 Å². The maximum Gasteiger partial charge on any atom is 0.325 e. The van der Waals surface area contributed by atoms with Crippen LogP contribution >= 0.6 is 0 Å². The predicted octanol–water partition coefficient (Wildman–Crippen LogP) is 0.559. The zero-order valence-electron chi connectivity index (χ0n) is 12.0. The van der Waals surface area contributed by atoms with E-state index in [9.17, 15) is 14.4 Å². The van der Waals surface area contributed by atoms with E-state index < -0.39 is 5.54 Å². The SMILES string of the molecule is CC[C@@]1(C)NC(=O)N(CCCNC(=O)NC2CC2)C1=O. The standard InChI is InChI=1S/C13H22N4O3/c1-3-13(2)10(18)17(12(20)16-13)8-4-7-14-11(19)15-9-5-6-9/h9H,3-8H2,1-2H3,(H,16,20)(H2,14,15,19)/t13-/m1/s1. The molecule has 1 saturated carbocycles. The minimum Gasteiger partial charge on any atom is -0.338 e. The van der Waals surface area contributed by atoms with Gasteiger partial charge in [0.2, 0.25) is 0 Å². The fourth-order valence-electron chi connectivity index (χ4n) is 2.09. The van der Waals surface area contributed by atoms with Crippen molar-refractivity contribution < 1.29 is 14.4 Å². The molecule has 0 bridgehead atoms. The van der Waals surface area contributed by atoms with Gasteiger partial charge in [0.15, 0.2) is 0 Å². The molecule has 7 heteroatoms. The summed E-state index contributed by atoms with van der Waals surface area (Å²) in [7, 11) is 0. The van der Waals surface area contributed by atoms with Crippen molar-refractivity contribution in [1.29, 1.82) is 0 Å². The molecule has 2 rings (SSSR count). The summed E-state index contributed by atoms with van der Waals surface area (Å²) in [5, 5.41) is 8.24. The van der Waals surface area contributed by atoms with Crippen LogP contribution < -0.4 is 16.0 Å². The van der Waals surface area contributed by atoms with Crippen LogP contribution in [0.2, 0.25) is 0 Å². The van der Waals surface area contributed by atoms with Crippen LogP contribution in [0.3, 0.4) is 0 Å². The van der Waals surface area contributed by atoms with Crippen LogP contribution in [0.4, 0.5) is 9.59 Å². The second-order valence-electron chi connectivity index (χ2n) is 5.60. The molecule has 1 aliphatic carbocycles. The summed E-state index contributed by atoms with van der Waals surface area (Å²) in [5.41, 5.74) is -0.784. The number of amides is 5. The first-order chi connectivity index (χ1) is 9.46. The minimum absolute atomic E-state index is 0.178. The van der Waals surface area contributed by atoms with Gasteiger partial charge in [-0.05, 0) is 32.6 Å². The summed E-state index contributed by atoms with van der Waals surface area (Å²) in [6.07, 6.45) is 3.21. The maximum atomic E-state index is 12.1. The molecule has 0 radical (unpaired) electrons. The Hall–Kier alpha value is -1.79. The molecular formula is C13H22N4O3. The molecule has 2 aliphatic rings. The van der Waals surface area contributed by atoms with Crippen molar-refractivity contribution >= 4 is 18.0 Å². The van der Waals surface area contributed by atoms with E-state index in [0.717, 1.165) is 12.8 Å². The van der Waals surface area contributed by atoms with Crippen LogP contribution in [0.25, 0.3) is 0 Å². The molecule has 7 nitrogen and oxygen atoms in total. The molecule has 1 saturated heterocycles. The first kappa shape index (κ1) is 14.6. The fraction of sp³-hybridized carbons (Fsp3) is 0.769. The van der Waals surface area contributed by atoms with Gasteiger partial charge in [0.05, 0.1) is 0 Å². The molecular weight excluding hydrogens is 260 g/mol. The predicted molar refractivity (Wildman–Crippen MR) is 73.1 cm³/mol. The summed E-state index contributed by atoms with van der Waals surface area (Å²) < 4.78 is 0. The van der Waals surface area contributed by atoms with Crippen molar-refractivity contribution in [2.45, 2.75) is 51.1 Å². The van der Waals surface area contributed by atoms with Crippen LogP contribution in [0.15, 0.2) is 0 Å². The normalized spacial score (nSPS) is 25.6. The summed E-state index contributed by atoms with van der Waals surface area (Å²) in [4.78, 5) is 36.4. The second kappa shape index (κ2) is 5.68. The number of hydrogen-bond donors (Lipinski definition) is 3. The largest absolute Gasteiger partial charge is 0.338 e. The monoisotopic (exact) mass is 282 g/mol. The third-order valence-electron chi connectivity index (χ3n) is 3.81. The van der Waals surface area contributed by atoms with Gasteiger partial charge in [0, 0.05) is 19.1 Å². The molecule has 0 aromatic carbocycles. The second-order valence-corrected chi connectivity index (χ2v) is 5.60. The third kappa shape index (κ3) is 3.20. The number of hydrogen-bond acceptors (Lipinski definition) is 3. The molecule has 5 amide bonds. The molecule has 0 aromatic heterocycles. The lowest BCUT2D eigenvalue weighted by molar-refractivity contribution is -0.130. The topological polar surface area (TPSA) is 90.5 Å². The third-order valence-corrected chi connectivity index (χ3v) is 3.81. The van der Waals surface area contributed by atoms with Crippen LogP contribution in [0.5, 0.6) is 0 Å². The Bertz CT molecular complexity index is 422. The van der Waals surface area contributed by atoms with E-state index >= 15 is 0 Å². The highest BCUT2D eigenvalue weighted by Crippen LogP contribution is 2.20. The number of urea groups is 2. The van der Waals surface area contributed by atoms with Crippen molar-refractivity contribution in [3.63, 3.8) is 0 Å². The Morgan fingerprint density at radius 2 is 2.15 bits per heavy atom. The summed E-state index contributed by atoms with van der Waals surface area (Å²) >= 11 is 0. The average Bonchev–Trinajstić information content (AvgIpc) is 3.17. The molecule has 1 atom stereocenters. The van der Waals surface area contributed by atoms with E-state index in [1.54, 1.807) is 6.92 Å². The highest BCUT2D eigenvalue weighted by Gasteiger charge is 2.45. The molecule has 0 unspecified atom stereocenters. The van der Waals surface area contributed by atoms with Crippen molar-refractivity contribution in [3.05, 3.63) is 0 Å².